The second-order valence-corrected chi connectivity index (χ2v) is 5.71. The van der Waals surface area contributed by atoms with Gasteiger partial charge in [-0.3, -0.25) is 4.72 Å². The lowest BCUT2D eigenvalue weighted by Crippen LogP contribution is -2.16. The Morgan fingerprint density at radius 1 is 1.05 bits per heavy atom. The molecule has 0 atom stereocenters. The molecule has 2 rings (SSSR count). The van der Waals surface area contributed by atoms with E-state index in [1.807, 2.05) is 0 Å². The van der Waals surface area contributed by atoms with Crippen LogP contribution >= 0.6 is 0 Å². The molecule has 0 saturated heterocycles. The zero-order valence-electron chi connectivity index (χ0n) is 10.3. The summed E-state index contributed by atoms with van der Waals surface area (Å²) < 4.78 is 52.7. The zero-order chi connectivity index (χ0) is 14.8. The first-order valence-electron chi connectivity index (χ1n) is 5.70. The molecule has 0 spiro atoms. The van der Waals surface area contributed by atoms with Gasteiger partial charge in [0.2, 0.25) is 0 Å². The number of hydrogen-bond donors (Lipinski definition) is 2. The Labute approximate surface area is 115 Å². The Hall–Kier alpha value is -1.99. The molecule has 3 N–H and O–H groups in total. The lowest BCUT2D eigenvalue weighted by molar-refractivity contribution is 0.599. The Kier molecular flexibility index (Phi) is 4.01. The average Bonchev–Trinajstić information content (AvgIpc) is 2.39. The summed E-state index contributed by atoms with van der Waals surface area (Å²) in [6, 6.07) is 8.29. The van der Waals surface area contributed by atoms with Gasteiger partial charge in [0.05, 0.1) is 10.6 Å². The second-order valence-electron chi connectivity index (χ2n) is 4.03. The maximum Gasteiger partial charge on any atom is 0.261 e. The summed E-state index contributed by atoms with van der Waals surface area (Å²) >= 11 is 0. The number of hydrogen-bond acceptors (Lipinski definition) is 3. The quantitative estimate of drug-likeness (QED) is 0.909. The van der Waals surface area contributed by atoms with Crippen LogP contribution < -0.4 is 10.5 Å². The first-order valence-corrected chi connectivity index (χ1v) is 7.18. The van der Waals surface area contributed by atoms with Crippen molar-refractivity contribution < 1.29 is 17.2 Å². The normalized spacial score (nSPS) is 11.3. The number of halogens is 2. The van der Waals surface area contributed by atoms with Crippen molar-refractivity contribution in [2.75, 3.05) is 4.72 Å². The van der Waals surface area contributed by atoms with E-state index in [1.54, 1.807) is 0 Å². The molecule has 2 aromatic carbocycles. The largest absolute Gasteiger partial charge is 0.326 e. The first-order chi connectivity index (χ1) is 9.44. The predicted molar refractivity (Wildman–Crippen MR) is 71.5 cm³/mol. The van der Waals surface area contributed by atoms with Crippen molar-refractivity contribution in [1.82, 2.24) is 0 Å². The molecule has 0 radical (unpaired) electrons. The van der Waals surface area contributed by atoms with Gasteiger partial charge in [0, 0.05) is 12.1 Å². The molecule has 0 aliphatic heterocycles. The number of anilines is 1. The molecule has 2 aromatic rings. The third kappa shape index (κ3) is 2.94. The molecule has 0 heterocycles. The summed E-state index contributed by atoms with van der Waals surface area (Å²) in [6.45, 7) is -0.145. The van der Waals surface area contributed by atoms with Crippen molar-refractivity contribution >= 4 is 15.7 Å². The van der Waals surface area contributed by atoms with E-state index in [1.165, 1.54) is 18.2 Å². The first kappa shape index (κ1) is 14.4. The Balaban J connectivity index is 2.38. The summed E-state index contributed by atoms with van der Waals surface area (Å²) in [5.41, 5.74) is 5.54. The van der Waals surface area contributed by atoms with Crippen molar-refractivity contribution in [2.24, 2.45) is 5.73 Å². The van der Waals surface area contributed by atoms with Gasteiger partial charge in [0.25, 0.3) is 10.0 Å². The Bertz CT molecular complexity index is 716. The van der Waals surface area contributed by atoms with E-state index < -0.39 is 21.7 Å². The minimum absolute atomic E-state index is 0.0665. The van der Waals surface area contributed by atoms with Gasteiger partial charge in [-0.05, 0) is 36.4 Å². The molecular weight excluding hydrogens is 286 g/mol. The third-order valence-electron chi connectivity index (χ3n) is 2.69. The molecule has 0 unspecified atom stereocenters. The van der Waals surface area contributed by atoms with Gasteiger partial charge in [0.1, 0.15) is 11.6 Å². The molecule has 0 bridgehead atoms. The average molecular weight is 298 g/mol. The van der Waals surface area contributed by atoms with Crippen LogP contribution in [0.15, 0.2) is 47.4 Å². The number of sulfonamides is 1. The maximum atomic E-state index is 13.5. The van der Waals surface area contributed by atoms with Crippen LogP contribution in [0.4, 0.5) is 14.5 Å². The van der Waals surface area contributed by atoms with E-state index in [4.69, 9.17) is 5.73 Å². The lowest BCUT2D eigenvalue weighted by atomic mass is 10.2. The Morgan fingerprint density at radius 2 is 1.70 bits per heavy atom. The molecule has 4 nitrogen and oxygen atoms in total. The highest BCUT2D eigenvalue weighted by Gasteiger charge is 2.17. The van der Waals surface area contributed by atoms with E-state index in [-0.39, 0.29) is 22.7 Å². The van der Waals surface area contributed by atoms with Gasteiger partial charge in [-0.15, -0.1) is 0 Å². The predicted octanol–water partition coefficient (Wildman–Crippen LogP) is 2.22. The van der Waals surface area contributed by atoms with Crippen LogP contribution in [0.5, 0.6) is 0 Å². The fraction of sp³-hybridized carbons (Fsp3) is 0.0769. The van der Waals surface area contributed by atoms with Crippen molar-refractivity contribution in [3.8, 4) is 0 Å². The fourth-order valence-electron chi connectivity index (χ4n) is 1.68. The molecular formula is C13H12F2N2O2S. The molecule has 0 saturated carbocycles. The minimum atomic E-state index is -3.92. The number of nitrogens with two attached hydrogens (primary N) is 1. The minimum Gasteiger partial charge on any atom is -0.326 e. The van der Waals surface area contributed by atoms with Gasteiger partial charge in [-0.1, -0.05) is 6.07 Å². The highest BCUT2D eigenvalue weighted by Crippen LogP contribution is 2.22. The van der Waals surface area contributed by atoms with E-state index in [0.29, 0.717) is 0 Å². The van der Waals surface area contributed by atoms with Crippen molar-refractivity contribution in [1.29, 1.82) is 0 Å². The molecule has 106 valence electrons. The highest BCUT2D eigenvalue weighted by atomic mass is 32.2. The van der Waals surface area contributed by atoms with Crippen LogP contribution in [-0.2, 0) is 16.6 Å². The van der Waals surface area contributed by atoms with Gasteiger partial charge < -0.3 is 5.73 Å². The van der Waals surface area contributed by atoms with Crippen LogP contribution in [0.2, 0.25) is 0 Å². The topological polar surface area (TPSA) is 72.2 Å². The van der Waals surface area contributed by atoms with Gasteiger partial charge in [-0.2, -0.15) is 0 Å². The molecule has 0 aliphatic carbocycles. The van der Waals surface area contributed by atoms with Crippen LogP contribution in [-0.4, -0.2) is 8.42 Å². The maximum absolute atomic E-state index is 13.5. The van der Waals surface area contributed by atoms with E-state index in [9.17, 15) is 17.2 Å². The lowest BCUT2D eigenvalue weighted by Gasteiger charge is -2.12. The van der Waals surface area contributed by atoms with Crippen molar-refractivity contribution in [3.05, 3.63) is 59.7 Å². The monoisotopic (exact) mass is 298 g/mol. The van der Waals surface area contributed by atoms with Crippen molar-refractivity contribution in [2.45, 2.75) is 11.4 Å². The second kappa shape index (κ2) is 5.56. The molecule has 20 heavy (non-hydrogen) atoms. The molecule has 0 fully saturated rings. The van der Waals surface area contributed by atoms with E-state index >= 15 is 0 Å². The molecule has 0 aliphatic rings. The van der Waals surface area contributed by atoms with Crippen molar-refractivity contribution in [3.63, 3.8) is 0 Å². The number of nitrogens with one attached hydrogen (secondary N) is 1. The van der Waals surface area contributed by atoms with Crippen LogP contribution in [0.25, 0.3) is 0 Å². The smallest absolute Gasteiger partial charge is 0.261 e. The van der Waals surface area contributed by atoms with Crippen LogP contribution in [0.1, 0.15) is 5.56 Å². The van der Waals surface area contributed by atoms with E-state index in [2.05, 4.69) is 4.72 Å². The summed E-state index contributed by atoms with van der Waals surface area (Å²) in [5.74, 6) is -1.14. The van der Waals surface area contributed by atoms with Crippen LogP contribution in [0, 0.1) is 11.6 Å². The van der Waals surface area contributed by atoms with E-state index in [0.717, 1.165) is 24.3 Å². The summed E-state index contributed by atoms with van der Waals surface area (Å²) in [6.07, 6.45) is 0. The molecule has 7 heteroatoms. The number of benzene rings is 2. The van der Waals surface area contributed by atoms with Gasteiger partial charge >= 0.3 is 0 Å². The SMILES string of the molecule is NCc1c(F)cccc1NS(=O)(=O)c1ccc(F)cc1. The molecule has 0 aromatic heterocycles. The number of rotatable bonds is 4. The summed E-state index contributed by atoms with van der Waals surface area (Å²) in [7, 11) is -3.92. The fourth-order valence-corrected chi connectivity index (χ4v) is 2.77. The van der Waals surface area contributed by atoms with Gasteiger partial charge in [-0.25, -0.2) is 17.2 Å². The summed E-state index contributed by atoms with van der Waals surface area (Å²) in [5, 5.41) is 0. The van der Waals surface area contributed by atoms with Gasteiger partial charge in [0.15, 0.2) is 0 Å². The summed E-state index contributed by atoms with van der Waals surface area (Å²) in [4.78, 5) is -0.119. The highest BCUT2D eigenvalue weighted by molar-refractivity contribution is 7.92. The Morgan fingerprint density at radius 3 is 2.30 bits per heavy atom. The standard InChI is InChI=1S/C13H12F2N2O2S/c14-9-4-6-10(7-5-9)20(18,19)17-13-3-1-2-12(15)11(13)8-16/h1-7,17H,8,16H2. The third-order valence-corrected chi connectivity index (χ3v) is 4.07. The van der Waals surface area contributed by atoms with Crippen LogP contribution in [0.3, 0.4) is 0 Å². The molecule has 0 amide bonds. The zero-order valence-corrected chi connectivity index (χ0v) is 11.1.